The Kier molecular flexibility index (Phi) is 8.76. The van der Waals surface area contributed by atoms with Crippen molar-refractivity contribution in [2.24, 2.45) is 0 Å². The summed E-state index contributed by atoms with van der Waals surface area (Å²) < 4.78 is 32.5. The number of ketones is 1. The monoisotopic (exact) mass is 410 g/mol. The number of methoxy groups -OCH3 is 1. The molecule has 7 nitrogen and oxygen atoms in total. The molecule has 0 saturated heterocycles. The van der Waals surface area contributed by atoms with Crippen molar-refractivity contribution < 1.29 is 22.7 Å². The predicted molar refractivity (Wildman–Crippen MR) is 109 cm³/mol. The van der Waals surface area contributed by atoms with E-state index in [0.717, 1.165) is 32.1 Å². The van der Waals surface area contributed by atoms with Gasteiger partial charge in [-0.1, -0.05) is 44.9 Å². The Labute approximate surface area is 167 Å². The average molecular weight is 411 g/mol. The average Bonchev–Trinajstić information content (AvgIpc) is 2.64. The van der Waals surface area contributed by atoms with Crippen molar-refractivity contribution in [3.63, 3.8) is 0 Å². The Morgan fingerprint density at radius 1 is 0.964 bits per heavy atom. The van der Waals surface area contributed by atoms with Crippen LogP contribution in [0.25, 0.3) is 0 Å². The Balaban J connectivity index is 2.01. The van der Waals surface area contributed by atoms with Gasteiger partial charge in [-0.15, -0.1) is 0 Å². The lowest BCUT2D eigenvalue weighted by atomic mass is 10.0. The van der Waals surface area contributed by atoms with E-state index in [1.54, 1.807) is 24.3 Å². The maximum Gasteiger partial charge on any atom is 0.332 e. The van der Waals surface area contributed by atoms with Crippen LogP contribution in [0.2, 0.25) is 0 Å². The second-order valence-corrected chi connectivity index (χ2v) is 9.01. The van der Waals surface area contributed by atoms with Gasteiger partial charge in [0.15, 0.2) is 5.78 Å². The largest absolute Gasteiger partial charge is 0.497 e. The Morgan fingerprint density at radius 3 is 2.14 bits per heavy atom. The molecular weight excluding hydrogens is 380 g/mol. The zero-order chi connectivity index (χ0) is 20.4. The summed E-state index contributed by atoms with van der Waals surface area (Å²) in [5.74, 6) is 0.322. The number of hydrogen-bond donors (Lipinski definition) is 2. The van der Waals surface area contributed by atoms with Crippen LogP contribution in [-0.4, -0.2) is 32.6 Å². The van der Waals surface area contributed by atoms with E-state index in [1.807, 2.05) is 4.72 Å². The van der Waals surface area contributed by atoms with E-state index in [1.165, 1.54) is 13.5 Å². The molecule has 0 radical (unpaired) electrons. The van der Waals surface area contributed by atoms with Gasteiger partial charge < -0.3 is 10.1 Å². The first kappa shape index (κ1) is 22.2. The van der Waals surface area contributed by atoms with Crippen LogP contribution < -0.4 is 14.8 Å². The van der Waals surface area contributed by atoms with Crippen molar-refractivity contribution in [3.8, 4) is 5.75 Å². The molecular formula is C20H30N2O5S. The minimum absolute atomic E-state index is 0.242. The summed E-state index contributed by atoms with van der Waals surface area (Å²) in [5.41, 5.74) is 0.429. The maximum absolute atomic E-state index is 12.7. The Bertz CT molecular complexity index is 746. The van der Waals surface area contributed by atoms with E-state index in [2.05, 4.69) is 5.32 Å². The van der Waals surface area contributed by atoms with Crippen LogP contribution >= 0.6 is 0 Å². The third-order valence-corrected chi connectivity index (χ3v) is 6.67. The van der Waals surface area contributed by atoms with Crippen LogP contribution in [0, 0.1) is 0 Å². The molecule has 2 N–H and O–H groups in total. The second kappa shape index (κ2) is 11.0. The molecule has 156 valence electrons. The van der Waals surface area contributed by atoms with Crippen molar-refractivity contribution in [3.05, 3.63) is 24.3 Å². The summed E-state index contributed by atoms with van der Waals surface area (Å²) in [4.78, 5) is 24.7. The van der Waals surface area contributed by atoms with Gasteiger partial charge in [0.05, 0.1) is 7.11 Å². The molecule has 1 aliphatic carbocycles. The highest BCUT2D eigenvalue weighted by atomic mass is 32.2. The number of nitrogens with one attached hydrogen (secondary N) is 2. The van der Waals surface area contributed by atoms with Gasteiger partial charge in [-0.05, 0) is 37.1 Å². The first-order valence-electron chi connectivity index (χ1n) is 9.92. The Morgan fingerprint density at radius 2 is 1.54 bits per heavy atom. The van der Waals surface area contributed by atoms with Gasteiger partial charge in [0.2, 0.25) is 10.0 Å². The molecule has 1 saturated carbocycles. The molecule has 0 aliphatic heterocycles. The van der Waals surface area contributed by atoms with Gasteiger partial charge in [0.1, 0.15) is 11.0 Å². The van der Waals surface area contributed by atoms with Crippen LogP contribution in [0.3, 0.4) is 0 Å². The molecule has 0 aromatic heterocycles. The zero-order valence-electron chi connectivity index (χ0n) is 16.4. The quantitative estimate of drug-likeness (QED) is 0.781. The normalized spacial score (nSPS) is 19.8. The van der Waals surface area contributed by atoms with E-state index in [9.17, 15) is 18.0 Å². The van der Waals surface area contributed by atoms with Gasteiger partial charge in [0.25, 0.3) is 0 Å². The number of carbonyl (C=O) groups is 2. The number of sulfonamides is 1. The topological polar surface area (TPSA) is 102 Å². The van der Waals surface area contributed by atoms with Gasteiger partial charge in [-0.25, -0.2) is 17.9 Å². The van der Waals surface area contributed by atoms with Crippen molar-refractivity contribution in [1.82, 2.24) is 4.72 Å². The molecule has 28 heavy (non-hydrogen) atoms. The van der Waals surface area contributed by atoms with E-state index in [0.29, 0.717) is 24.3 Å². The third-order valence-electron chi connectivity index (χ3n) is 4.96. The molecule has 1 unspecified atom stereocenters. The van der Waals surface area contributed by atoms with Gasteiger partial charge in [0, 0.05) is 12.1 Å². The van der Waals surface area contributed by atoms with E-state index in [4.69, 9.17) is 4.74 Å². The molecule has 0 heterocycles. The number of urea groups is 1. The smallest absolute Gasteiger partial charge is 0.332 e. The summed E-state index contributed by atoms with van der Waals surface area (Å²) >= 11 is 0. The fraction of sp³-hybridized carbons (Fsp3) is 0.600. The number of Topliss-reactive ketones (excluding diaryl/α,β-unsaturated/α-hetero) is 1. The molecule has 1 fully saturated rings. The lowest BCUT2D eigenvalue weighted by Crippen LogP contribution is -2.44. The Hall–Kier alpha value is -2.09. The van der Waals surface area contributed by atoms with Gasteiger partial charge in [-0.2, -0.15) is 0 Å². The number of hydrogen-bond acceptors (Lipinski definition) is 5. The molecule has 8 heteroatoms. The fourth-order valence-corrected chi connectivity index (χ4v) is 4.76. The molecule has 0 spiro atoms. The molecule has 2 amide bonds. The molecule has 1 aromatic rings. The number of rotatable bonds is 4. The van der Waals surface area contributed by atoms with Crippen LogP contribution in [0.15, 0.2) is 24.3 Å². The summed E-state index contributed by atoms with van der Waals surface area (Å²) in [7, 11) is -2.56. The molecule has 2 rings (SSSR count). The first-order chi connectivity index (χ1) is 13.4. The predicted octanol–water partition coefficient (Wildman–Crippen LogP) is 4.00. The molecule has 1 aromatic carbocycles. The lowest BCUT2D eigenvalue weighted by Gasteiger charge is -2.18. The van der Waals surface area contributed by atoms with E-state index >= 15 is 0 Å². The third kappa shape index (κ3) is 7.14. The zero-order valence-corrected chi connectivity index (χ0v) is 17.2. The number of ether oxygens (including phenoxy) is 1. The fourth-order valence-electron chi connectivity index (χ4n) is 3.37. The minimum Gasteiger partial charge on any atom is -0.497 e. The SMILES string of the molecule is COc1ccc(NC(=O)NS(=O)(=O)C2CCCCCCCCCCC2=O)cc1. The highest BCUT2D eigenvalue weighted by molar-refractivity contribution is 7.91. The highest BCUT2D eigenvalue weighted by Gasteiger charge is 2.33. The van der Waals surface area contributed by atoms with Crippen molar-refractivity contribution >= 4 is 27.5 Å². The number of carbonyl (C=O) groups excluding carboxylic acids is 2. The number of amides is 2. The number of benzene rings is 1. The molecule has 1 aliphatic rings. The summed E-state index contributed by atoms with van der Waals surface area (Å²) in [6, 6.07) is 5.64. The lowest BCUT2D eigenvalue weighted by molar-refractivity contribution is -0.118. The van der Waals surface area contributed by atoms with Crippen molar-refractivity contribution in [2.75, 3.05) is 12.4 Å². The summed E-state index contributed by atoms with van der Waals surface area (Å²) in [6.45, 7) is 0. The van der Waals surface area contributed by atoms with Crippen LogP contribution in [0.5, 0.6) is 5.75 Å². The van der Waals surface area contributed by atoms with Gasteiger partial charge in [-0.3, -0.25) is 4.79 Å². The maximum atomic E-state index is 12.7. The minimum atomic E-state index is -4.09. The first-order valence-corrected chi connectivity index (χ1v) is 11.5. The summed E-state index contributed by atoms with van der Waals surface area (Å²) in [6.07, 6.45) is 8.13. The van der Waals surface area contributed by atoms with Gasteiger partial charge >= 0.3 is 6.03 Å². The number of anilines is 1. The van der Waals surface area contributed by atoms with Crippen LogP contribution in [0.4, 0.5) is 10.5 Å². The summed E-state index contributed by atoms with van der Waals surface area (Å²) in [5, 5.41) is 1.30. The van der Waals surface area contributed by atoms with Crippen molar-refractivity contribution in [2.45, 2.75) is 69.5 Å². The second-order valence-electron chi connectivity index (χ2n) is 7.15. The van der Waals surface area contributed by atoms with E-state index in [-0.39, 0.29) is 18.6 Å². The highest BCUT2D eigenvalue weighted by Crippen LogP contribution is 2.19. The van der Waals surface area contributed by atoms with Crippen LogP contribution in [-0.2, 0) is 14.8 Å². The molecule has 1 atom stereocenters. The molecule has 0 bridgehead atoms. The van der Waals surface area contributed by atoms with Crippen LogP contribution in [0.1, 0.15) is 64.2 Å². The van der Waals surface area contributed by atoms with Crippen molar-refractivity contribution in [1.29, 1.82) is 0 Å². The standard InChI is InChI=1S/C20H30N2O5S/c1-27-17-14-12-16(13-15-17)21-20(24)22-28(25,26)19-11-9-7-5-3-2-4-6-8-10-18(19)23/h12-15,19H,2-11H2,1H3,(H2,21,22,24). The van der Waals surface area contributed by atoms with E-state index < -0.39 is 21.3 Å².